The van der Waals surface area contributed by atoms with Gasteiger partial charge in [-0.2, -0.15) is 5.26 Å². The second-order valence-corrected chi connectivity index (χ2v) is 6.62. The zero-order chi connectivity index (χ0) is 15.6. The average Bonchev–Trinajstić information content (AvgIpc) is 2.42. The largest absolute Gasteiger partial charge is 0.397 e. The van der Waals surface area contributed by atoms with E-state index in [2.05, 4.69) is 4.72 Å². The molecule has 0 saturated carbocycles. The number of nitrogens with one attached hydrogen (secondary N) is 1. The first-order chi connectivity index (χ1) is 9.83. The molecule has 0 heterocycles. The molecule has 2 aromatic carbocycles. The molecule has 3 N–H and O–H groups in total. The number of hydrogen-bond donors (Lipinski definition) is 2. The highest BCUT2D eigenvalue weighted by Gasteiger charge is 2.17. The first-order valence-corrected chi connectivity index (χ1v) is 7.85. The normalized spacial score (nSPS) is 10.9. The van der Waals surface area contributed by atoms with Crippen LogP contribution in [0.15, 0.2) is 41.3 Å². The van der Waals surface area contributed by atoms with Gasteiger partial charge in [0.05, 0.1) is 26.9 Å². The third kappa shape index (κ3) is 3.39. The number of halogens is 2. The Hall–Kier alpha value is -1.94. The minimum atomic E-state index is -3.86. The number of anilines is 2. The Morgan fingerprint density at radius 3 is 2.43 bits per heavy atom. The third-order valence-electron chi connectivity index (χ3n) is 2.63. The molecule has 0 bridgehead atoms. The van der Waals surface area contributed by atoms with Crippen molar-refractivity contribution < 1.29 is 8.42 Å². The first-order valence-electron chi connectivity index (χ1n) is 5.61. The maximum Gasteiger partial charge on any atom is 0.262 e. The van der Waals surface area contributed by atoms with E-state index in [9.17, 15) is 8.42 Å². The molecule has 108 valence electrons. The predicted molar refractivity (Wildman–Crippen MR) is 82.8 cm³/mol. The summed E-state index contributed by atoms with van der Waals surface area (Å²) in [6.07, 6.45) is 0. The number of hydrogen-bond acceptors (Lipinski definition) is 4. The fourth-order valence-electron chi connectivity index (χ4n) is 1.58. The smallest absolute Gasteiger partial charge is 0.262 e. The number of sulfonamides is 1. The number of benzene rings is 2. The maximum absolute atomic E-state index is 12.2. The van der Waals surface area contributed by atoms with Gasteiger partial charge in [0.15, 0.2) is 0 Å². The van der Waals surface area contributed by atoms with E-state index in [0.29, 0.717) is 5.02 Å². The second kappa shape index (κ2) is 5.82. The van der Waals surface area contributed by atoms with Crippen LogP contribution in [-0.4, -0.2) is 8.42 Å². The molecular formula is C13H9Cl2N3O2S. The van der Waals surface area contributed by atoms with Crippen molar-refractivity contribution in [2.45, 2.75) is 4.90 Å². The van der Waals surface area contributed by atoms with Gasteiger partial charge in [-0.25, -0.2) is 8.42 Å². The summed E-state index contributed by atoms with van der Waals surface area (Å²) in [5.41, 5.74) is 6.31. The number of nitriles is 1. The van der Waals surface area contributed by atoms with Crippen molar-refractivity contribution in [1.82, 2.24) is 0 Å². The van der Waals surface area contributed by atoms with Crippen LogP contribution in [-0.2, 0) is 10.0 Å². The van der Waals surface area contributed by atoms with Gasteiger partial charge in [-0.3, -0.25) is 4.72 Å². The van der Waals surface area contributed by atoms with Crippen molar-refractivity contribution in [1.29, 1.82) is 5.26 Å². The third-order valence-corrected chi connectivity index (χ3v) is 4.54. The van der Waals surface area contributed by atoms with Gasteiger partial charge in [-0.15, -0.1) is 0 Å². The Morgan fingerprint density at radius 2 is 1.86 bits per heavy atom. The minimum absolute atomic E-state index is 0.0597. The lowest BCUT2D eigenvalue weighted by Gasteiger charge is -2.11. The molecule has 0 aliphatic carbocycles. The highest BCUT2D eigenvalue weighted by atomic mass is 35.5. The van der Waals surface area contributed by atoms with Gasteiger partial charge in [-0.05, 0) is 36.4 Å². The van der Waals surface area contributed by atoms with Crippen molar-refractivity contribution in [2.75, 3.05) is 10.5 Å². The Bertz CT molecular complexity index is 845. The van der Waals surface area contributed by atoms with Gasteiger partial charge >= 0.3 is 0 Å². The van der Waals surface area contributed by atoms with Gasteiger partial charge in [0.25, 0.3) is 10.0 Å². The second-order valence-electron chi connectivity index (χ2n) is 4.09. The molecule has 0 spiro atoms. The van der Waals surface area contributed by atoms with E-state index in [0.717, 1.165) is 0 Å². The van der Waals surface area contributed by atoms with E-state index in [4.69, 9.17) is 34.2 Å². The zero-order valence-corrected chi connectivity index (χ0v) is 12.8. The molecule has 2 rings (SSSR count). The fraction of sp³-hybridized carbons (Fsp3) is 0. The lowest BCUT2D eigenvalue weighted by molar-refractivity contribution is 0.601. The van der Waals surface area contributed by atoms with Gasteiger partial charge in [0.2, 0.25) is 0 Å². The summed E-state index contributed by atoms with van der Waals surface area (Å²) in [6, 6.07) is 10.1. The Balaban J connectivity index is 2.39. The average molecular weight is 342 g/mol. The van der Waals surface area contributed by atoms with Gasteiger partial charge in [0, 0.05) is 5.02 Å². The molecule has 0 aliphatic rings. The Labute approximate surface area is 132 Å². The lowest BCUT2D eigenvalue weighted by Crippen LogP contribution is -2.14. The molecule has 8 heteroatoms. The van der Waals surface area contributed by atoms with Gasteiger partial charge in [0.1, 0.15) is 6.07 Å². The van der Waals surface area contributed by atoms with Crippen LogP contribution < -0.4 is 10.5 Å². The summed E-state index contributed by atoms with van der Waals surface area (Å²) in [6.45, 7) is 0. The predicted octanol–water partition coefficient (Wildman–Crippen LogP) is 3.25. The highest BCUT2D eigenvalue weighted by Crippen LogP contribution is 2.26. The molecule has 0 saturated heterocycles. The molecule has 2 aromatic rings. The lowest BCUT2D eigenvalue weighted by atomic mass is 10.2. The van der Waals surface area contributed by atoms with Crippen LogP contribution in [0.25, 0.3) is 0 Å². The molecule has 0 atom stereocenters. The molecule has 5 nitrogen and oxygen atoms in total. The topological polar surface area (TPSA) is 96.0 Å². The summed E-state index contributed by atoms with van der Waals surface area (Å²) >= 11 is 11.6. The minimum Gasteiger partial charge on any atom is -0.397 e. The molecule has 0 fully saturated rings. The highest BCUT2D eigenvalue weighted by molar-refractivity contribution is 7.92. The molecule has 0 radical (unpaired) electrons. The van der Waals surface area contributed by atoms with Crippen molar-refractivity contribution in [2.24, 2.45) is 0 Å². The van der Waals surface area contributed by atoms with Crippen LogP contribution in [0, 0.1) is 11.3 Å². The number of nitrogens with zero attached hydrogens (tertiary/aromatic N) is 1. The van der Waals surface area contributed by atoms with Crippen LogP contribution in [0.2, 0.25) is 10.0 Å². The summed E-state index contributed by atoms with van der Waals surface area (Å²) in [5.74, 6) is 0. The van der Waals surface area contributed by atoms with Crippen molar-refractivity contribution in [3.05, 3.63) is 52.0 Å². The van der Waals surface area contributed by atoms with E-state index in [1.807, 2.05) is 6.07 Å². The van der Waals surface area contributed by atoms with Crippen LogP contribution in [0.3, 0.4) is 0 Å². The molecule has 0 aromatic heterocycles. The fourth-order valence-corrected chi connectivity index (χ4v) is 3.17. The molecular weight excluding hydrogens is 333 g/mol. The zero-order valence-electron chi connectivity index (χ0n) is 10.5. The van der Waals surface area contributed by atoms with E-state index >= 15 is 0 Å². The van der Waals surface area contributed by atoms with Crippen molar-refractivity contribution in [3.8, 4) is 6.07 Å². The van der Waals surface area contributed by atoms with Crippen molar-refractivity contribution in [3.63, 3.8) is 0 Å². The SMILES string of the molecule is N#Cc1ccc(S(=O)(=O)Nc2ccc(Cl)cc2N)cc1Cl. The van der Waals surface area contributed by atoms with Crippen LogP contribution in [0.1, 0.15) is 5.56 Å². The standard InChI is InChI=1S/C13H9Cl2N3O2S/c14-9-2-4-13(12(17)5-9)18-21(19,20)10-3-1-8(7-16)11(15)6-10/h1-6,18H,17H2. The van der Waals surface area contributed by atoms with Crippen LogP contribution in [0.4, 0.5) is 11.4 Å². The summed E-state index contributed by atoms with van der Waals surface area (Å²) in [5, 5.41) is 9.24. The van der Waals surface area contributed by atoms with E-state index in [1.54, 1.807) is 0 Å². The maximum atomic E-state index is 12.2. The summed E-state index contributed by atoms with van der Waals surface area (Å²) < 4.78 is 26.8. The van der Waals surface area contributed by atoms with Gasteiger partial charge < -0.3 is 5.73 Å². The molecule has 0 amide bonds. The molecule has 21 heavy (non-hydrogen) atoms. The number of rotatable bonds is 3. The molecule has 0 unspecified atom stereocenters. The summed E-state index contributed by atoms with van der Waals surface area (Å²) in [4.78, 5) is -0.0687. The number of nitrogens with two attached hydrogens (primary N) is 1. The quantitative estimate of drug-likeness (QED) is 0.837. The molecule has 0 aliphatic heterocycles. The first kappa shape index (κ1) is 15.4. The van der Waals surface area contributed by atoms with E-state index in [1.165, 1.54) is 36.4 Å². The number of nitrogen functional groups attached to an aromatic ring is 1. The van der Waals surface area contributed by atoms with E-state index in [-0.39, 0.29) is 26.9 Å². The van der Waals surface area contributed by atoms with Gasteiger partial charge in [-0.1, -0.05) is 23.2 Å². The van der Waals surface area contributed by atoms with Crippen LogP contribution in [0.5, 0.6) is 0 Å². The summed E-state index contributed by atoms with van der Waals surface area (Å²) in [7, 11) is -3.86. The monoisotopic (exact) mass is 341 g/mol. The van der Waals surface area contributed by atoms with Crippen molar-refractivity contribution >= 4 is 44.6 Å². The Kier molecular flexibility index (Phi) is 4.28. The van der Waals surface area contributed by atoms with Crippen LogP contribution >= 0.6 is 23.2 Å². The Morgan fingerprint density at radius 1 is 1.14 bits per heavy atom. The van der Waals surface area contributed by atoms with E-state index < -0.39 is 10.0 Å².